The number of nitrogens with one attached hydrogen (secondary N) is 2. The van der Waals surface area contributed by atoms with Crippen molar-refractivity contribution in [3.63, 3.8) is 0 Å². The van der Waals surface area contributed by atoms with Gasteiger partial charge in [0.2, 0.25) is 0 Å². The minimum absolute atomic E-state index is 0.194. The molecule has 0 unspecified atom stereocenters. The Balaban J connectivity index is 1.34. The summed E-state index contributed by atoms with van der Waals surface area (Å²) in [7, 11) is 1.65. The Labute approximate surface area is 163 Å². The number of benzene rings is 2. The summed E-state index contributed by atoms with van der Waals surface area (Å²) in [6.07, 6.45) is 3.38. The average Bonchev–Trinajstić information content (AvgIpc) is 3.35. The third-order valence-electron chi connectivity index (χ3n) is 4.76. The van der Waals surface area contributed by atoms with Crippen LogP contribution in [0.2, 0.25) is 0 Å². The highest BCUT2D eigenvalue weighted by Crippen LogP contribution is 2.23. The van der Waals surface area contributed by atoms with Crippen molar-refractivity contribution in [2.75, 3.05) is 13.7 Å². The molecule has 0 spiro atoms. The van der Waals surface area contributed by atoms with Crippen LogP contribution in [0.5, 0.6) is 5.75 Å². The van der Waals surface area contributed by atoms with Crippen LogP contribution < -0.4 is 10.1 Å². The lowest BCUT2D eigenvalue weighted by atomic mass is 10.1. The van der Waals surface area contributed by atoms with E-state index in [4.69, 9.17) is 9.15 Å². The third kappa shape index (κ3) is 3.93. The van der Waals surface area contributed by atoms with Crippen LogP contribution in [-0.2, 0) is 12.8 Å². The van der Waals surface area contributed by atoms with E-state index in [9.17, 15) is 4.79 Å². The van der Waals surface area contributed by atoms with Crippen molar-refractivity contribution in [2.45, 2.75) is 12.8 Å². The van der Waals surface area contributed by atoms with Gasteiger partial charge in [-0.25, -0.2) is 0 Å². The molecule has 0 bridgehead atoms. The van der Waals surface area contributed by atoms with Gasteiger partial charge in [-0.1, -0.05) is 30.3 Å². The maximum Gasteiger partial charge on any atom is 0.287 e. The Morgan fingerprint density at radius 1 is 1.11 bits per heavy atom. The van der Waals surface area contributed by atoms with Crippen molar-refractivity contribution in [1.29, 1.82) is 0 Å². The Kier molecular flexibility index (Phi) is 5.15. The summed E-state index contributed by atoms with van der Waals surface area (Å²) >= 11 is 0. The van der Waals surface area contributed by atoms with Gasteiger partial charge in [-0.2, -0.15) is 0 Å². The highest BCUT2D eigenvalue weighted by atomic mass is 16.5. The van der Waals surface area contributed by atoms with Crippen molar-refractivity contribution in [3.05, 3.63) is 89.5 Å². The van der Waals surface area contributed by atoms with Crippen LogP contribution in [0.25, 0.3) is 10.9 Å². The lowest BCUT2D eigenvalue weighted by Gasteiger charge is -2.04. The number of fused-ring (bicyclic) bond motifs is 1. The normalized spacial score (nSPS) is 10.9. The van der Waals surface area contributed by atoms with Gasteiger partial charge in [-0.15, -0.1) is 0 Å². The number of aromatic nitrogens is 1. The van der Waals surface area contributed by atoms with Gasteiger partial charge in [0.1, 0.15) is 11.5 Å². The van der Waals surface area contributed by atoms with Gasteiger partial charge in [0.25, 0.3) is 5.91 Å². The number of methoxy groups -OCH3 is 1. The van der Waals surface area contributed by atoms with Crippen molar-refractivity contribution >= 4 is 16.8 Å². The first kappa shape index (κ1) is 17.9. The minimum Gasteiger partial charge on any atom is -0.497 e. The van der Waals surface area contributed by atoms with Crippen molar-refractivity contribution in [2.24, 2.45) is 0 Å². The molecule has 5 nitrogen and oxygen atoms in total. The average molecular weight is 374 g/mol. The van der Waals surface area contributed by atoms with Gasteiger partial charge >= 0.3 is 0 Å². The summed E-state index contributed by atoms with van der Waals surface area (Å²) in [5.41, 5.74) is 3.33. The van der Waals surface area contributed by atoms with Crippen LogP contribution in [0.3, 0.4) is 0 Å². The lowest BCUT2D eigenvalue weighted by molar-refractivity contribution is 0.0925. The topological polar surface area (TPSA) is 67.3 Å². The van der Waals surface area contributed by atoms with Crippen molar-refractivity contribution < 1.29 is 13.9 Å². The highest BCUT2D eigenvalue weighted by molar-refractivity contribution is 5.91. The number of carbonyl (C=O) groups excluding carboxylic acids is 1. The number of hydrogen-bond acceptors (Lipinski definition) is 3. The number of hydrogen-bond donors (Lipinski definition) is 2. The SMILES string of the molecule is COc1ccc2c(CCNC(=O)c3ccc(Cc4ccccc4)o3)c[nH]c2c1. The van der Waals surface area contributed by atoms with Crippen LogP contribution in [0.15, 0.2) is 71.3 Å². The number of rotatable bonds is 7. The molecule has 0 radical (unpaired) electrons. The van der Waals surface area contributed by atoms with Crippen LogP contribution in [0.4, 0.5) is 0 Å². The largest absolute Gasteiger partial charge is 0.497 e. The molecule has 0 aliphatic heterocycles. The Hall–Kier alpha value is -3.47. The molecule has 2 aromatic heterocycles. The lowest BCUT2D eigenvalue weighted by Crippen LogP contribution is -2.25. The van der Waals surface area contributed by atoms with E-state index < -0.39 is 0 Å². The molecule has 5 heteroatoms. The molecule has 0 fully saturated rings. The van der Waals surface area contributed by atoms with E-state index in [0.717, 1.165) is 40.0 Å². The second-order valence-electron chi connectivity index (χ2n) is 6.66. The zero-order valence-electron chi connectivity index (χ0n) is 15.7. The van der Waals surface area contributed by atoms with Crippen LogP contribution >= 0.6 is 0 Å². The van der Waals surface area contributed by atoms with E-state index >= 15 is 0 Å². The maximum absolute atomic E-state index is 12.4. The summed E-state index contributed by atoms with van der Waals surface area (Å²) in [6, 6.07) is 19.6. The zero-order chi connectivity index (χ0) is 19.3. The summed E-state index contributed by atoms with van der Waals surface area (Å²) < 4.78 is 10.9. The second kappa shape index (κ2) is 8.05. The number of H-pyrrole nitrogens is 1. The van der Waals surface area contributed by atoms with Gasteiger partial charge in [-0.3, -0.25) is 4.79 Å². The Bertz CT molecular complexity index is 1080. The van der Waals surface area contributed by atoms with Gasteiger partial charge in [-0.05, 0) is 41.8 Å². The predicted molar refractivity (Wildman–Crippen MR) is 109 cm³/mol. The van der Waals surface area contributed by atoms with Gasteiger partial charge in [0.15, 0.2) is 5.76 Å². The molecule has 2 N–H and O–H groups in total. The third-order valence-corrected chi connectivity index (χ3v) is 4.76. The standard InChI is InChI=1S/C23H22N2O3/c1-27-18-7-9-20-17(15-25-21(20)14-18)11-12-24-23(26)22-10-8-19(28-22)13-16-5-3-2-4-6-16/h2-10,14-15,25H,11-13H2,1H3,(H,24,26). The molecular weight excluding hydrogens is 352 g/mol. The predicted octanol–water partition coefficient (Wildman–Crippen LogP) is 4.33. The molecule has 2 aromatic carbocycles. The molecule has 0 atom stereocenters. The molecule has 142 valence electrons. The maximum atomic E-state index is 12.4. The van der Waals surface area contributed by atoms with Gasteiger partial charge in [0.05, 0.1) is 7.11 Å². The Morgan fingerprint density at radius 3 is 2.79 bits per heavy atom. The molecule has 1 amide bonds. The number of furan rings is 1. The fourth-order valence-corrected chi connectivity index (χ4v) is 3.29. The minimum atomic E-state index is -0.194. The van der Waals surface area contributed by atoms with Crippen LogP contribution in [0, 0.1) is 0 Å². The van der Waals surface area contributed by atoms with E-state index in [2.05, 4.69) is 10.3 Å². The molecule has 28 heavy (non-hydrogen) atoms. The molecule has 4 aromatic rings. The number of ether oxygens (including phenoxy) is 1. The molecule has 0 aliphatic carbocycles. The van der Waals surface area contributed by atoms with Crippen LogP contribution in [0.1, 0.15) is 27.4 Å². The number of aromatic amines is 1. The molecule has 0 saturated carbocycles. The van der Waals surface area contributed by atoms with Crippen LogP contribution in [-0.4, -0.2) is 24.5 Å². The fraction of sp³-hybridized carbons (Fsp3) is 0.174. The van der Waals surface area contributed by atoms with E-state index in [1.54, 1.807) is 13.2 Å². The summed E-state index contributed by atoms with van der Waals surface area (Å²) in [6.45, 7) is 0.534. The molecule has 0 saturated heterocycles. The fourth-order valence-electron chi connectivity index (χ4n) is 3.29. The van der Waals surface area contributed by atoms with E-state index in [1.807, 2.05) is 60.8 Å². The van der Waals surface area contributed by atoms with Crippen molar-refractivity contribution in [3.8, 4) is 5.75 Å². The quantitative estimate of drug-likeness (QED) is 0.506. The molecule has 2 heterocycles. The monoisotopic (exact) mass is 374 g/mol. The first-order valence-corrected chi connectivity index (χ1v) is 9.28. The number of carbonyl (C=O) groups is 1. The van der Waals surface area contributed by atoms with Gasteiger partial charge in [0, 0.05) is 36.1 Å². The first-order chi connectivity index (χ1) is 13.7. The van der Waals surface area contributed by atoms with E-state index in [-0.39, 0.29) is 5.91 Å². The van der Waals surface area contributed by atoms with E-state index in [1.165, 1.54) is 0 Å². The molecular formula is C23H22N2O3. The highest BCUT2D eigenvalue weighted by Gasteiger charge is 2.12. The van der Waals surface area contributed by atoms with Crippen molar-refractivity contribution in [1.82, 2.24) is 10.3 Å². The summed E-state index contributed by atoms with van der Waals surface area (Å²) in [5.74, 6) is 1.75. The summed E-state index contributed by atoms with van der Waals surface area (Å²) in [5, 5.41) is 4.07. The smallest absolute Gasteiger partial charge is 0.287 e. The number of amides is 1. The van der Waals surface area contributed by atoms with E-state index in [0.29, 0.717) is 18.7 Å². The zero-order valence-corrected chi connectivity index (χ0v) is 15.7. The molecule has 0 aliphatic rings. The Morgan fingerprint density at radius 2 is 1.96 bits per heavy atom. The summed E-state index contributed by atoms with van der Waals surface area (Å²) in [4.78, 5) is 15.6. The van der Waals surface area contributed by atoms with Gasteiger partial charge < -0.3 is 19.5 Å². The first-order valence-electron chi connectivity index (χ1n) is 9.28. The molecule has 4 rings (SSSR count). The second-order valence-corrected chi connectivity index (χ2v) is 6.66.